The molecular weight excluding hydrogens is 402 g/mol. The fourth-order valence-corrected chi connectivity index (χ4v) is 4.19. The lowest BCUT2D eigenvalue weighted by Gasteiger charge is -2.15. The molecule has 1 fully saturated rings. The predicted octanol–water partition coefficient (Wildman–Crippen LogP) is 4.02. The first-order chi connectivity index (χ1) is 13.3. The van der Waals surface area contributed by atoms with E-state index in [4.69, 9.17) is 21.1 Å². The summed E-state index contributed by atoms with van der Waals surface area (Å²) in [6.07, 6.45) is 1.34. The third-order valence-electron chi connectivity index (χ3n) is 4.90. The monoisotopic (exact) mass is 421 g/mol. The number of ether oxygens (including phenoxy) is 2. The Morgan fingerprint density at radius 1 is 1.18 bits per heavy atom. The van der Waals surface area contributed by atoms with Gasteiger partial charge in [0.15, 0.2) is 6.61 Å². The minimum absolute atomic E-state index is 0.324. The number of benzene rings is 1. The normalized spacial score (nSPS) is 14.3. The molecule has 1 aliphatic carbocycles. The SMILES string of the molecule is COC(=O)c1c(NC(=O)COC(=O)C2(c3ccc(Cl)cc3)CC2)sc(C)c1C. The summed E-state index contributed by atoms with van der Waals surface area (Å²) in [5.41, 5.74) is 1.21. The molecule has 0 atom stereocenters. The number of esters is 2. The van der Waals surface area contributed by atoms with Crippen LogP contribution in [-0.4, -0.2) is 31.6 Å². The number of anilines is 1. The second kappa shape index (κ2) is 7.93. The molecule has 1 saturated carbocycles. The third-order valence-corrected chi connectivity index (χ3v) is 6.27. The predicted molar refractivity (Wildman–Crippen MR) is 107 cm³/mol. The summed E-state index contributed by atoms with van der Waals surface area (Å²) in [7, 11) is 1.29. The summed E-state index contributed by atoms with van der Waals surface area (Å²) in [5.74, 6) is -1.46. The van der Waals surface area contributed by atoms with E-state index in [1.54, 1.807) is 31.2 Å². The van der Waals surface area contributed by atoms with Crippen LogP contribution in [0.3, 0.4) is 0 Å². The lowest BCUT2D eigenvalue weighted by molar-refractivity contribution is -0.150. The van der Waals surface area contributed by atoms with Gasteiger partial charge in [-0.05, 0) is 49.9 Å². The van der Waals surface area contributed by atoms with Crippen LogP contribution in [0.4, 0.5) is 5.00 Å². The standard InChI is InChI=1S/C20H20ClNO5S/c1-11-12(2)28-17(16(11)18(24)26-3)22-15(23)10-27-19(25)20(8-9-20)13-4-6-14(21)7-5-13/h4-7H,8-10H2,1-3H3,(H,22,23). The van der Waals surface area contributed by atoms with Crippen molar-refractivity contribution in [2.75, 3.05) is 19.0 Å². The first-order valence-corrected chi connectivity index (χ1v) is 9.89. The maximum Gasteiger partial charge on any atom is 0.341 e. The minimum atomic E-state index is -0.696. The molecule has 1 N–H and O–H groups in total. The summed E-state index contributed by atoms with van der Waals surface area (Å²) < 4.78 is 10.0. The number of thiophene rings is 1. The number of rotatable bonds is 6. The first-order valence-electron chi connectivity index (χ1n) is 8.70. The second-order valence-electron chi connectivity index (χ2n) is 6.69. The Balaban J connectivity index is 1.64. The van der Waals surface area contributed by atoms with E-state index >= 15 is 0 Å². The number of amides is 1. The number of nitrogens with one attached hydrogen (secondary N) is 1. The molecule has 28 heavy (non-hydrogen) atoms. The van der Waals surface area contributed by atoms with Crippen LogP contribution < -0.4 is 5.32 Å². The highest BCUT2D eigenvalue weighted by Crippen LogP contribution is 2.49. The van der Waals surface area contributed by atoms with Crippen molar-refractivity contribution in [2.24, 2.45) is 0 Å². The number of carbonyl (C=O) groups excluding carboxylic acids is 3. The van der Waals surface area contributed by atoms with Gasteiger partial charge in [-0.2, -0.15) is 0 Å². The van der Waals surface area contributed by atoms with Gasteiger partial charge in [-0.1, -0.05) is 23.7 Å². The maximum absolute atomic E-state index is 12.5. The van der Waals surface area contributed by atoms with E-state index in [2.05, 4.69) is 5.32 Å². The highest BCUT2D eigenvalue weighted by Gasteiger charge is 2.52. The fourth-order valence-electron chi connectivity index (χ4n) is 3.00. The second-order valence-corrected chi connectivity index (χ2v) is 8.35. The Morgan fingerprint density at radius 3 is 2.39 bits per heavy atom. The van der Waals surface area contributed by atoms with Crippen molar-refractivity contribution in [2.45, 2.75) is 32.1 Å². The number of halogens is 1. The summed E-state index contributed by atoms with van der Waals surface area (Å²) in [4.78, 5) is 37.7. The van der Waals surface area contributed by atoms with Gasteiger partial charge in [0.05, 0.1) is 18.1 Å². The van der Waals surface area contributed by atoms with Gasteiger partial charge >= 0.3 is 11.9 Å². The zero-order valence-electron chi connectivity index (χ0n) is 15.8. The van der Waals surface area contributed by atoms with Gasteiger partial charge in [0, 0.05) is 9.90 Å². The van der Waals surface area contributed by atoms with Crippen LogP contribution in [0, 0.1) is 13.8 Å². The molecule has 0 aliphatic heterocycles. The molecule has 2 aromatic rings. The summed E-state index contributed by atoms with van der Waals surface area (Å²) in [6.45, 7) is 3.21. The third kappa shape index (κ3) is 3.91. The van der Waals surface area contributed by atoms with Crippen LogP contribution in [0.1, 0.15) is 39.2 Å². The van der Waals surface area contributed by atoms with Crippen LogP contribution >= 0.6 is 22.9 Å². The van der Waals surface area contributed by atoms with Crippen molar-refractivity contribution >= 4 is 45.8 Å². The summed E-state index contributed by atoms with van der Waals surface area (Å²) in [5, 5.41) is 3.63. The number of carbonyl (C=O) groups is 3. The van der Waals surface area contributed by atoms with Gasteiger partial charge in [0.2, 0.25) is 0 Å². The maximum atomic E-state index is 12.5. The van der Waals surface area contributed by atoms with Gasteiger partial charge in [0.25, 0.3) is 5.91 Å². The molecule has 1 aromatic carbocycles. The van der Waals surface area contributed by atoms with Crippen LogP contribution in [0.25, 0.3) is 0 Å². The molecular formula is C20H20ClNO5S. The van der Waals surface area contributed by atoms with Gasteiger partial charge in [-0.15, -0.1) is 11.3 Å². The van der Waals surface area contributed by atoms with Crippen molar-refractivity contribution in [3.8, 4) is 0 Å². The van der Waals surface area contributed by atoms with Crippen molar-refractivity contribution in [3.63, 3.8) is 0 Å². The fraction of sp³-hybridized carbons (Fsp3) is 0.350. The van der Waals surface area contributed by atoms with Crippen molar-refractivity contribution < 1.29 is 23.9 Å². The van der Waals surface area contributed by atoms with Crippen LogP contribution in [0.5, 0.6) is 0 Å². The van der Waals surface area contributed by atoms with E-state index in [9.17, 15) is 14.4 Å². The van der Waals surface area contributed by atoms with E-state index in [0.717, 1.165) is 16.0 Å². The number of aryl methyl sites for hydroxylation is 1. The average Bonchev–Trinajstić information content (AvgIpc) is 3.43. The van der Waals surface area contributed by atoms with Crippen LogP contribution in [0.2, 0.25) is 5.02 Å². The van der Waals surface area contributed by atoms with Crippen LogP contribution in [-0.2, 0) is 24.5 Å². The molecule has 6 nitrogen and oxygen atoms in total. The summed E-state index contributed by atoms with van der Waals surface area (Å²) >= 11 is 7.18. The molecule has 0 bridgehead atoms. The molecule has 0 saturated heterocycles. The highest BCUT2D eigenvalue weighted by atomic mass is 35.5. The Hall–Kier alpha value is -2.38. The lowest BCUT2D eigenvalue weighted by atomic mass is 9.96. The molecule has 0 spiro atoms. The minimum Gasteiger partial charge on any atom is -0.465 e. The van der Waals surface area contributed by atoms with Gasteiger partial charge in [-0.25, -0.2) is 4.79 Å². The number of hydrogen-bond donors (Lipinski definition) is 1. The lowest BCUT2D eigenvalue weighted by Crippen LogP contribution is -2.28. The van der Waals surface area contributed by atoms with Gasteiger partial charge < -0.3 is 14.8 Å². The van der Waals surface area contributed by atoms with E-state index in [-0.39, 0.29) is 0 Å². The van der Waals surface area contributed by atoms with E-state index in [1.807, 2.05) is 6.92 Å². The Labute approximate surface area is 171 Å². The molecule has 1 aromatic heterocycles. The molecule has 0 unspecified atom stereocenters. The molecule has 3 rings (SSSR count). The zero-order chi connectivity index (χ0) is 20.5. The molecule has 1 aliphatic rings. The average molecular weight is 422 g/mol. The smallest absolute Gasteiger partial charge is 0.341 e. The van der Waals surface area contributed by atoms with Crippen molar-refractivity contribution in [3.05, 3.63) is 50.9 Å². The van der Waals surface area contributed by atoms with E-state index < -0.39 is 29.9 Å². The van der Waals surface area contributed by atoms with Crippen molar-refractivity contribution in [1.82, 2.24) is 0 Å². The topological polar surface area (TPSA) is 81.7 Å². The molecule has 148 valence electrons. The quantitative estimate of drug-likeness (QED) is 0.712. The molecule has 0 radical (unpaired) electrons. The Morgan fingerprint density at radius 2 is 1.82 bits per heavy atom. The highest BCUT2D eigenvalue weighted by molar-refractivity contribution is 7.16. The first kappa shape index (κ1) is 20.4. The number of hydrogen-bond acceptors (Lipinski definition) is 6. The van der Waals surface area contributed by atoms with E-state index in [0.29, 0.717) is 28.4 Å². The Kier molecular flexibility index (Phi) is 5.76. The largest absolute Gasteiger partial charge is 0.465 e. The summed E-state index contributed by atoms with van der Waals surface area (Å²) in [6, 6.07) is 7.06. The van der Waals surface area contributed by atoms with Crippen molar-refractivity contribution in [1.29, 1.82) is 0 Å². The molecule has 8 heteroatoms. The van der Waals surface area contributed by atoms with E-state index in [1.165, 1.54) is 18.4 Å². The molecule has 1 amide bonds. The van der Waals surface area contributed by atoms with Gasteiger partial charge in [0.1, 0.15) is 5.00 Å². The Bertz CT molecular complexity index is 931. The zero-order valence-corrected chi connectivity index (χ0v) is 17.3. The van der Waals surface area contributed by atoms with Crippen LogP contribution in [0.15, 0.2) is 24.3 Å². The molecule has 1 heterocycles. The number of methoxy groups -OCH3 is 1. The van der Waals surface area contributed by atoms with Gasteiger partial charge in [-0.3, -0.25) is 9.59 Å².